The number of hydrogen-bond donors (Lipinski definition) is 1. The number of carbonyl (C=O) groups is 1. The molecule has 2 aromatic rings. The largest absolute Gasteiger partial charge is 0.397 e. The first kappa shape index (κ1) is 14.8. The van der Waals surface area contributed by atoms with Gasteiger partial charge in [0.2, 0.25) is 0 Å². The summed E-state index contributed by atoms with van der Waals surface area (Å²) in [7, 11) is 1.52. The Morgan fingerprint density at radius 1 is 1.30 bits per heavy atom. The molecule has 104 valence electrons. The van der Waals surface area contributed by atoms with Crippen molar-refractivity contribution in [2.75, 3.05) is 17.7 Å². The number of nitrogens with two attached hydrogens (primary N) is 1. The van der Waals surface area contributed by atoms with E-state index in [0.29, 0.717) is 20.9 Å². The summed E-state index contributed by atoms with van der Waals surface area (Å²) < 4.78 is 14.4. The average Bonchev–Trinajstić information content (AvgIpc) is 2.42. The van der Waals surface area contributed by atoms with Crippen molar-refractivity contribution in [2.45, 2.75) is 0 Å². The molecule has 0 heterocycles. The van der Waals surface area contributed by atoms with E-state index in [9.17, 15) is 9.18 Å². The minimum absolute atomic E-state index is 0.0405. The number of amides is 1. The highest BCUT2D eigenvalue weighted by Crippen LogP contribution is 2.28. The molecule has 0 saturated carbocycles. The lowest BCUT2D eigenvalue weighted by Gasteiger charge is -2.20. The summed E-state index contributed by atoms with van der Waals surface area (Å²) in [6, 6.07) is 8.96. The lowest BCUT2D eigenvalue weighted by Crippen LogP contribution is -2.27. The summed E-state index contributed by atoms with van der Waals surface area (Å²) in [4.78, 5) is 13.6. The molecule has 1 amide bonds. The molecule has 6 heteroatoms. The lowest BCUT2D eigenvalue weighted by atomic mass is 10.1. The van der Waals surface area contributed by atoms with Crippen LogP contribution in [0, 0.1) is 5.82 Å². The van der Waals surface area contributed by atoms with Crippen LogP contribution < -0.4 is 10.6 Å². The van der Waals surface area contributed by atoms with Gasteiger partial charge in [0.05, 0.1) is 16.9 Å². The lowest BCUT2D eigenvalue weighted by molar-refractivity contribution is 0.0989. The molecule has 2 rings (SSSR count). The second kappa shape index (κ2) is 5.81. The first-order chi connectivity index (χ1) is 9.40. The van der Waals surface area contributed by atoms with E-state index in [-0.39, 0.29) is 5.56 Å². The van der Waals surface area contributed by atoms with E-state index >= 15 is 0 Å². The van der Waals surface area contributed by atoms with Gasteiger partial charge in [-0.05, 0) is 36.4 Å². The molecule has 0 aliphatic heterocycles. The minimum Gasteiger partial charge on any atom is -0.397 e. The Bertz CT molecular complexity index is 678. The predicted octanol–water partition coefficient (Wildman–Crippen LogP) is 4.10. The Morgan fingerprint density at radius 3 is 2.70 bits per heavy atom. The summed E-state index contributed by atoms with van der Waals surface area (Å²) >= 11 is 9.11. The highest BCUT2D eigenvalue weighted by atomic mass is 79.9. The Morgan fingerprint density at radius 2 is 2.00 bits per heavy atom. The molecular weight excluding hydrogens is 347 g/mol. The van der Waals surface area contributed by atoms with Crippen molar-refractivity contribution in [1.29, 1.82) is 0 Å². The number of rotatable bonds is 2. The van der Waals surface area contributed by atoms with Gasteiger partial charge in [0.1, 0.15) is 5.82 Å². The number of anilines is 2. The third-order valence-corrected chi connectivity index (χ3v) is 3.55. The highest BCUT2D eigenvalue weighted by Gasteiger charge is 2.19. The topological polar surface area (TPSA) is 46.3 Å². The number of nitrogens with zero attached hydrogens (tertiary/aromatic N) is 1. The first-order valence-corrected chi connectivity index (χ1v) is 6.85. The van der Waals surface area contributed by atoms with Crippen LogP contribution in [0.25, 0.3) is 0 Å². The molecule has 0 saturated heterocycles. The Hall–Kier alpha value is -1.59. The van der Waals surface area contributed by atoms with Crippen LogP contribution in [0.15, 0.2) is 40.9 Å². The monoisotopic (exact) mass is 356 g/mol. The van der Waals surface area contributed by atoms with Gasteiger partial charge in [0.15, 0.2) is 0 Å². The molecule has 2 N–H and O–H groups in total. The maximum absolute atomic E-state index is 13.8. The molecule has 0 aromatic heterocycles. The Balaban J connectivity index is 2.42. The zero-order valence-electron chi connectivity index (χ0n) is 10.5. The molecule has 0 fully saturated rings. The molecule has 0 aliphatic carbocycles. The van der Waals surface area contributed by atoms with E-state index in [1.165, 1.54) is 30.1 Å². The third kappa shape index (κ3) is 2.94. The van der Waals surface area contributed by atoms with Gasteiger partial charge in [0.25, 0.3) is 5.91 Å². The van der Waals surface area contributed by atoms with Gasteiger partial charge in [-0.25, -0.2) is 4.39 Å². The van der Waals surface area contributed by atoms with E-state index in [1.807, 2.05) is 0 Å². The van der Waals surface area contributed by atoms with Crippen molar-refractivity contribution in [2.24, 2.45) is 0 Å². The molecule has 0 atom stereocenters. The molecule has 3 nitrogen and oxygen atoms in total. The Labute approximate surface area is 129 Å². The molecule has 0 bridgehead atoms. The molecule has 0 unspecified atom stereocenters. The smallest absolute Gasteiger partial charge is 0.261 e. The zero-order valence-corrected chi connectivity index (χ0v) is 12.9. The van der Waals surface area contributed by atoms with Crippen molar-refractivity contribution in [3.05, 3.63) is 57.3 Å². The van der Waals surface area contributed by atoms with Crippen LogP contribution in [0.2, 0.25) is 5.02 Å². The maximum atomic E-state index is 13.8. The van der Waals surface area contributed by atoms with E-state index in [1.54, 1.807) is 18.2 Å². The van der Waals surface area contributed by atoms with E-state index in [0.717, 1.165) is 0 Å². The third-order valence-electron chi connectivity index (χ3n) is 2.82. The molecule has 0 spiro atoms. The fraction of sp³-hybridized carbons (Fsp3) is 0.0714. The zero-order chi connectivity index (χ0) is 14.9. The van der Waals surface area contributed by atoms with Gasteiger partial charge >= 0.3 is 0 Å². The molecular formula is C14H11BrClFN2O. The molecule has 20 heavy (non-hydrogen) atoms. The van der Waals surface area contributed by atoms with E-state index in [4.69, 9.17) is 17.3 Å². The van der Waals surface area contributed by atoms with Gasteiger partial charge in [-0.1, -0.05) is 27.5 Å². The van der Waals surface area contributed by atoms with Crippen LogP contribution in [0.1, 0.15) is 10.4 Å². The van der Waals surface area contributed by atoms with Crippen molar-refractivity contribution in [1.82, 2.24) is 0 Å². The summed E-state index contributed by atoms with van der Waals surface area (Å²) in [5.41, 5.74) is 6.60. The Kier molecular flexibility index (Phi) is 4.30. The van der Waals surface area contributed by atoms with Crippen LogP contribution in [-0.2, 0) is 0 Å². The molecule has 2 aromatic carbocycles. The van der Waals surface area contributed by atoms with Crippen molar-refractivity contribution >= 4 is 44.8 Å². The molecule has 0 aliphatic rings. The number of hydrogen-bond acceptors (Lipinski definition) is 2. The van der Waals surface area contributed by atoms with Crippen LogP contribution >= 0.6 is 27.5 Å². The highest BCUT2D eigenvalue weighted by molar-refractivity contribution is 9.10. The summed E-state index contributed by atoms with van der Waals surface area (Å²) in [6.45, 7) is 0. The fourth-order valence-corrected chi connectivity index (χ4v) is 2.29. The van der Waals surface area contributed by atoms with Crippen LogP contribution in [0.4, 0.5) is 15.8 Å². The van der Waals surface area contributed by atoms with E-state index < -0.39 is 11.7 Å². The van der Waals surface area contributed by atoms with Crippen molar-refractivity contribution in [3.63, 3.8) is 0 Å². The number of carbonyl (C=O) groups excluding carboxylic acids is 1. The predicted molar refractivity (Wildman–Crippen MR) is 82.7 cm³/mol. The first-order valence-electron chi connectivity index (χ1n) is 5.68. The number of benzene rings is 2. The number of nitrogen functional groups attached to an aromatic ring is 1. The average molecular weight is 358 g/mol. The van der Waals surface area contributed by atoms with Gasteiger partial charge in [-0.3, -0.25) is 4.79 Å². The second-order valence-electron chi connectivity index (χ2n) is 4.19. The van der Waals surface area contributed by atoms with Gasteiger partial charge in [-0.2, -0.15) is 0 Å². The van der Waals surface area contributed by atoms with Crippen LogP contribution in [0.3, 0.4) is 0 Å². The normalized spacial score (nSPS) is 10.4. The van der Waals surface area contributed by atoms with Crippen molar-refractivity contribution < 1.29 is 9.18 Å². The SMILES string of the molecule is CN(C(=O)c1cc(Br)ccc1F)c1cc(Cl)ccc1N. The quantitative estimate of drug-likeness (QED) is 0.823. The summed E-state index contributed by atoms with van der Waals surface area (Å²) in [5.74, 6) is -1.09. The summed E-state index contributed by atoms with van der Waals surface area (Å²) in [5, 5.41) is 0.448. The standard InChI is InChI=1S/C14H11BrClFN2O/c1-19(13-7-9(16)3-5-12(13)18)14(20)10-6-8(15)2-4-11(10)17/h2-7H,18H2,1H3. The summed E-state index contributed by atoms with van der Waals surface area (Å²) in [6.07, 6.45) is 0. The molecule has 0 radical (unpaired) electrons. The van der Waals surface area contributed by atoms with Gasteiger partial charge in [0, 0.05) is 16.5 Å². The maximum Gasteiger partial charge on any atom is 0.261 e. The number of halogens is 3. The van der Waals surface area contributed by atoms with Crippen LogP contribution in [0.5, 0.6) is 0 Å². The fourth-order valence-electron chi connectivity index (χ4n) is 1.76. The minimum atomic E-state index is -0.592. The van der Waals surface area contributed by atoms with Crippen LogP contribution in [-0.4, -0.2) is 13.0 Å². The van der Waals surface area contributed by atoms with E-state index in [2.05, 4.69) is 15.9 Å². The second-order valence-corrected chi connectivity index (χ2v) is 5.54. The van der Waals surface area contributed by atoms with Gasteiger partial charge < -0.3 is 10.6 Å². The van der Waals surface area contributed by atoms with Gasteiger partial charge in [-0.15, -0.1) is 0 Å². The van der Waals surface area contributed by atoms with Crippen molar-refractivity contribution in [3.8, 4) is 0 Å².